The number of phenolic OH excluding ortho intramolecular Hbond substituents is 1. The summed E-state index contributed by atoms with van der Waals surface area (Å²) in [6.45, 7) is 5.40. The second-order valence-electron chi connectivity index (χ2n) is 5.19. The van der Waals surface area contributed by atoms with Crippen molar-refractivity contribution in [2.45, 2.75) is 27.2 Å². The summed E-state index contributed by atoms with van der Waals surface area (Å²) in [5.74, 6) is -0.516. The lowest BCUT2D eigenvalue weighted by molar-refractivity contribution is -0.141. The molecular formula is C16H18N2O3. The maximum atomic E-state index is 11.0. The van der Waals surface area contributed by atoms with Crippen molar-refractivity contribution in [2.75, 3.05) is 0 Å². The minimum Gasteiger partial charge on any atom is -0.508 e. The Kier molecular flexibility index (Phi) is 4.21. The number of hydrogen-bond acceptors (Lipinski definition) is 4. The van der Waals surface area contributed by atoms with Crippen LogP contribution in [0, 0.1) is 19.8 Å². The fraction of sp³-hybridized carbons (Fsp3) is 0.312. The zero-order chi connectivity index (χ0) is 15.6. The number of aliphatic carboxylic acids is 1. The van der Waals surface area contributed by atoms with Crippen LogP contribution in [-0.2, 0) is 11.2 Å². The van der Waals surface area contributed by atoms with Crippen LogP contribution in [0.2, 0.25) is 0 Å². The molecule has 1 unspecified atom stereocenters. The highest BCUT2D eigenvalue weighted by Gasteiger charge is 2.17. The molecule has 2 aromatic rings. The van der Waals surface area contributed by atoms with Gasteiger partial charge in [-0.25, -0.2) is 9.97 Å². The summed E-state index contributed by atoms with van der Waals surface area (Å²) in [4.78, 5) is 19.9. The van der Waals surface area contributed by atoms with Gasteiger partial charge < -0.3 is 10.2 Å². The topological polar surface area (TPSA) is 83.3 Å². The van der Waals surface area contributed by atoms with E-state index in [1.165, 1.54) is 0 Å². The Labute approximate surface area is 123 Å². The third-order valence-electron chi connectivity index (χ3n) is 3.48. The molecule has 0 aliphatic rings. The minimum atomic E-state index is -0.823. The lowest BCUT2D eigenvalue weighted by Crippen LogP contribution is -2.15. The molecule has 5 nitrogen and oxygen atoms in total. The van der Waals surface area contributed by atoms with Crippen molar-refractivity contribution in [1.82, 2.24) is 9.97 Å². The van der Waals surface area contributed by atoms with Gasteiger partial charge in [-0.1, -0.05) is 6.92 Å². The summed E-state index contributed by atoms with van der Waals surface area (Å²) >= 11 is 0. The van der Waals surface area contributed by atoms with Crippen LogP contribution < -0.4 is 0 Å². The number of carboxylic acids is 1. The van der Waals surface area contributed by atoms with Crippen LogP contribution >= 0.6 is 0 Å². The van der Waals surface area contributed by atoms with Gasteiger partial charge in [0.05, 0.1) is 5.92 Å². The molecule has 0 aliphatic heterocycles. The van der Waals surface area contributed by atoms with Crippen LogP contribution in [0.25, 0.3) is 11.4 Å². The molecule has 0 amide bonds. The average Bonchev–Trinajstić information content (AvgIpc) is 2.43. The van der Waals surface area contributed by atoms with Gasteiger partial charge in [-0.05, 0) is 50.1 Å². The number of hydrogen-bond donors (Lipinski definition) is 2. The quantitative estimate of drug-likeness (QED) is 0.903. The van der Waals surface area contributed by atoms with Gasteiger partial charge in [0.15, 0.2) is 5.82 Å². The Morgan fingerprint density at radius 2 is 1.67 bits per heavy atom. The lowest BCUT2D eigenvalue weighted by atomic mass is 9.99. The molecule has 1 aromatic carbocycles. The smallest absolute Gasteiger partial charge is 0.306 e. The van der Waals surface area contributed by atoms with Crippen molar-refractivity contribution in [3.63, 3.8) is 0 Å². The lowest BCUT2D eigenvalue weighted by Gasteiger charge is -2.13. The molecule has 0 saturated heterocycles. The van der Waals surface area contributed by atoms with Gasteiger partial charge in [-0.15, -0.1) is 0 Å². The van der Waals surface area contributed by atoms with E-state index in [0.717, 1.165) is 22.5 Å². The molecule has 0 spiro atoms. The monoisotopic (exact) mass is 286 g/mol. The van der Waals surface area contributed by atoms with Crippen molar-refractivity contribution in [1.29, 1.82) is 0 Å². The van der Waals surface area contributed by atoms with Gasteiger partial charge in [-0.3, -0.25) is 4.79 Å². The van der Waals surface area contributed by atoms with E-state index in [9.17, 15) is 9.90 Å². The first-order valence-corrected chi connectivity index (χ1v) is 6.74. The van der Waals surface area contributed by atoms with Crippen molar-refractivity contribution in [3.05, 3.63) is 41.2 Å². The van der Waals surface area contributed by atoms with E-state index in [2.05, 4.69) is 9.97 Å². The zero-order valence-electron chi connectivity index (χ0n) is 12.3. The maximum Gasteiger partial charge on any atom is 0.306 e. The first kappa shape index (κ1) is 15.0. The molecule has 0 bridgehead atoms. The Morgan fingerprint density at radius 1 is 1.14 bits per heavy atom. The van der Waals surface area contributed by atoms with Crippen molar-refractivity contribution < 1.29 is 15.0 Å². The van der Waals surface area contributed by atoms with Gasteiger partial charge in [-0.2, -0.15) is 0 Å². The Hall–Kier alpha value is -2.43. The number of aromatic nitrogens is 2. The van der Waals surface area contributed by atoms with Gasteiger partial charge in [0.1, 0.15) is 5.75 Å². The summed E-state index contributed by atoms with van der Waals surface area (Å²) in [7, 11) is 0. The van der Waals surface area contributed by atoms with E-state index >= 15 is 0 Å². The van der Waals surface area contributed by atoms with Crippen molar-refractivity contribution >= 4 is 5.97 Å². The third-order valence-corrected chi connectivity index (χ3v) is 3.48. The average molecular weight is 286 g/mol. The number of carboxylic acid groups (broad SMARTS) is 1. The molecule has 1 atom stereocenters. The van der Waals surface area contributed by atoms with Gasteiger partial charge in [0, 0.05) is 17.0 Å². The van der Waals surface area contributed by atoms with Gasteiger partial charge >= 0.3 is 5.97 Å². The van der Waals surface area contributed by atoms with Gasteiger partial charge in [0.2, 0.25) is 0 Å². The number of benzene rings is 1. The van der Waals surface area contributed by atoms with Crippen LogP contribution in [0.15, 0.2) is 24.3 Å². The SMILES string of the molecule is Cc1nc(-c2ccc(O)cc2)nc(C)c1CC(C)C(=O)O. The predicted octanol–water partition coefficient (Wildman–Crippen LogP) is 2.73. The molecular weight excluding hydrogens is 268 g/mol. The maximum absolute atomic E-state index is 11.0. The van der Waals surface area contributed by atoms with E-state index < -0.39 is 11.9 Å². The van der Waals surface area contributed by atoms with Crippen LogP contribution in [0.1, 0.15) is 23.9 Å². The number of nitrogens with zero attached hydrogens (tertiary/aromatic N) is 2. The summed E-state index contributed by atoms with van der Waals surface area (Å²) in [5.41, 5.74) is 3.28. The van der Waals surface area contributed by atoms with E-state index in [0.29, 0.717) is 12.2 Å². The number of aromatic hydroxyl groups is 1. The standard InChI is InChI=1S/C16H18N2O3/c1-9(16(20)21)8-14-10(2)17-15(18-11(14)3)12-4-6-13(19)7-5-12/h4-7,9,19H,8H2,1-3H3,(H,20,21). The highest BCUT2D eigenvalue weighted by atomic mass is 16.4. The zero-order valence-corrected chi connectivity index (χ0v) is 12.3. The molecule has 5 heteroatoms. The third kappa shape index (κ3) is 3.37. The molecule has 2 rings (SSSR count). The second-order valence-corrected chi connectivity index (χ2v) is 5.19. The van der Waals surface area contributed by atoms with E-state index in [1.54, 1.807) is 31.2 Å². The number of rotatable bonds is 4. The molecule has 110 valence electrons. The van der Waals surface area contributed by atoms with Crippen molar-refractivity contribution in [2.24, 2.45) is 5.92 Å². The highest BCUT2D eigenvalue weighted by Crippen LogP contribution is 2.22. The summed E-state index contributed by atoms with van der Waals surface area (Å²) < 4.78 is 0. The van der Waals surface area contributed by atoms with Crippen LogP contribution in [0.5, 0.6) is 5.75 Å². The molecule has 1 heterocycles. The minimum absolute atomic E-state index is 0.194. The molecule has 1 aromatic heterocycles. The number of aryl methyl sites for hydroxylation is 2. The molecule has 0 aliphatic carbocycles. The molecule has 0 saturated carbocycles. The molecule has 0 fully saturated rings. The summed E-state index contributed by atoms with van der Waals surface area (Å²) in [6.07, 6.45) is 0.420. The molecule has 2 N–H and O–H groups in total. The number of carbonyl (C=O) groups is 1. The van der Waals surface area contributed by atoms with Gasteiger partial charge in [0.25, 0.3) is 0 Å². The fourth-order valence-electron chi connectivity index (χ4n) is 2.17. The summed E-state index contributed by atoms with van der Waals surface area (Å²) in [5, 5.41) is 18.3. The highest BCUT2D eigenvalue weighted by molar-refractivity contribution is 5.70. The Balaban J connectivity index is 2.37. The van der Waals surface area contributed by atoms with E-state index in [4.69, 9.17) is 5.11 Å². The first-order valence-electron chi connectivity index (χ1n) is 6.74. The summed E-state index contributed by atoms with van der Waals surface area (Å²) in [6, 6.07) is 6.68. The first-order chi connectivity index (χ1) is 9.88. The van der Waals surface area contributed by atoms with E-state index in [1.807, 2.05) is 13.8 Å². The molecule has 0 radical (unpaired) electrons. The molecule has 21 heavy (non-hydrogen) atoms. The van der Waals surface area contributed by atoms with Crippen molar-refractivity contribution in [3.8, 4) is 17.1 Å². The normalized spacial score (nSPS) is 12.1. The Bertz CT molecular complexity index is 643. The van der Waals surface area contributed by atoms with Crippen LogP contribution in [0.4, 0.5) is 0 Å². The van der Waals surface area contributed by atoms with Crippen LogP contribution in [0.3, 0.4) is 0 Å². The van der Waals surface area contributed by atoms with Crippen LogP contribution in [-0.4, -0.2) is 26.2 Å². The second kappa shape index (κ2) is 5.91. The predicted molar refractivity (Wildman–Crippen MR) is 79.1 cm³/mol. The Morgan fingerprint density at radius 3 is 2.14 bits per heavy atom. The number of phenols is 1. The van der Waals surface area contributed by atoms with E-state index in [-0.39, 0.29) is 5.75 Å². The largest absolute Gasteiger partial charge is 0.508 e. The fourth-order valence-corrected chi connectivity index (χ4v) is 2.17.